The molecule has 0 aromatic heterocycles. The fourth-order valence-corrected chi connectivity index (χ4v) is 1.78. The number of anilines is 1. The molecular weight excluding hydrogens is 301 g/mol. The number of ether oxygens (including phenoxy) is 1. The van der Waals surface area contributed by atoms with Crippen molar-refractivity contribution in [3.63, 3.8) is 0 Å². The van der Waals surface area contributed by atoms with Crippen molar-refractivity contribution in [1.29, 1.82) is 0 Å². The normalized spacial score (nSPS) is 12.4. The van der Waals surface area contributed by atoms with Gasteiger partial charge in [-0.2, -0.15) is 8.78 Å². The second kappa shape index (κ2) is 6.88. The van der Waals surface area contributed by atoms with E-state index >= 15 is 0 Å². The first-order chi connectivity index (χ1) is 8.85. The van der Waals surface area contributed by atoms with Crippen LogP contribution in [0.5, 0.6) is 5.75 Å². The first-order valence-corrected chi connectivity index (χ1v) is 6.05. The van der Waals surface area contributed by atoms with Gasteiger partial charge in [-0.3, -0.25) is 4.79 Å². The number of hydrogen-bond donors (Lipinski definition) is 2. The zero-order chi connectivity index (χ0) is 14.6. The average Bonchev–Trinajstić information content (AvgIpc) is 2.32. The van der Waals surface area contributed by atoms with Crippen molar-refractivity contribution in [2.75, 3.05) is 11.9 Å². The summed E-state index contributed by atoms with van der Waals surface area (Å²) in [5, 5.41) is 2.28. The maximum atomic E-state index is 12.1. The number of benzene rings is 1. The Bertz CT molecular complexity index is 449. The molecule has 0 bridgehead atoms. The van der Waals surface area contributed by atoms with Crippen LogP contribution in [0.1, 0.15) is 6.92 Å². The van der Waals surface area contributed by atoms with Gasteiger partial charge in [0.1, 0.15) is 0 Å². The van der Waals surface area contributed by atoms with Gasteiger partial charge in [0.2, 0.25) is 5.91 Å². The molecule has 0 aliphatic carbocycles. The molecule has 106 valence electrons. The predicted molar refractivity (Wildman–Crippen MR) is 69.9 cm³/mol. The Morgan fingerprint density at radius 3 is 2.37 bits per heavy atom. The van der Waals surface area contributed by atoms with Gasteiger partial charge in [0.05, 0.1) is 10.0 Å². The molecule has 0 saturated heterocycles. The van der Waals surface area contributed by atoms with E-state index in [1.165, 1.54) is 12.1 Å². The fourth-order valence-electron chi connectivity index (χ4n) is 1.21. The molecule has 0 aliphatic heterocycles. The molecule has 1 rings (SSSR count). The highest BCUT2D eigenvalue weighted by atomic mass is 35.5. The first kappa shape index (κ1) is 15.9. The molecule has 1 atom stereocenters. The van der Waals surface area contributed by atoms with Gasteiger partial charge in [-0.1, -0.05) is 30.1 Å². The van der Waals surface area contributed by atoms with Gasteiger partial charge in [0, 0.05) is 18.2 Å². The Labute approximate surface area is 118 Å². The van der Waals surface area contributed by atoms with Crippen molar-refractivity contribution in [3.8, 4) is 5.75 Å². The van der Waals surface area contributed by atoms with Crippen molar-refractivity contribution in [3.05, 3.63) is 22.2 Å². The van der Waals surface area contributed by atoms with E-state index < -0.39 is 12.5 Å². The Kier molecular flexibility index (Phi) is 5.78. The van der Waals surface area contributed by atoms with Crippen LogP contribution in [0.25, 0.3) is 0 Å². The summed E-state index contributed by atoms with van der Waals surface area (Å²) >= 11 is 11.5. The third-order valence-electron chi connectivity index (χ3n) is 2.27. The Morgan fingerprint density at radius 1 is 1.42 bits per heavy atom. The Balaban J connectivity index is 2.92. The van der Waals surface area contributed by atoms with E-state index in [1.54, 1.807) is 6.92 Å². The van der Waals surface area contributed by atoms with Crippen LogP contribution in [0.4, 0.5) is 14.5 Å². The van der Waals surface area contributed by atoms with Crippen LogP contribution in [0, 0.1) is 5.92 Å². The Morgan fingerprint density at radius 2 is 1.95 bits per heavy atom. The van der Waals surface area contributed by atoms with Gasteiger partial charge in [0.25, 0.3) is 0 Å². The average molecular weight is 313 g/mol. The van der Waals surface area contributed by atoms with Gasteiger partial charge >= 0.3 is 6.61 Å². The molecule has 19 heavy (non-hydrogen) atoms. The summed E-state index contributed by atoms with van der Waals surface area (Å²) < 4.78 is 28.4. The summed E-state index contributed by atoms with van der Waals surface area (Å²) in [7, 11) is 0. The minimum Gasteiger partial charge on any atom is -0.432 e. The lowest BCUT2D eigenvalue weighted by Gasteiger charge is -2.13. The third-order valence-corrected chi connectivity index (χ3v) is 2.84. The number of carbonyl (C=O) groups excluding carboxylic acids is 1. The molecule has 8 heteroatoms. The van der Waals surface area contributed by atoms with Crippen LogP contribution < -0.4 is 15.8 Å². The van der Waals surface area contributed by atoms with Gasteiger partial charge in [-0.25, -0.2) is 0 Å². The topological polar surface area (TPSA) is 64.4 Å². The van der Waals surface area contributed by atoms with Gasteiger partial charge < -0.3 is 15.8 Å². The zero-order valence-corrected chi connectivity index (χ0v) is 11.4. The molecule has 4 nitrogen and oxygen atoms in total. The lowest BCUT2D eigenvalue weighted by Crippen LogP contribution is -2.26. The van der Waals surface area contributed by atoms with Crippen LogP contribution in [0.2, 0.25) is 10.0 Å². The van der Waals surface area contributed by atoms with Crippen molar-refractivity contribution < 1.29 is 18.3 Å². The zero-order valence-electron chi connectivity index (χ0n) is 9.92. The van der Waals surface area contributed by atoms with E-state index in [-0.39, 0.29) is 33.9 Å². The molecule has 0 fully saturated rings. The quantitative estimate of drug-likeness (QED) is 0.878. The second-order valence-electron chi connectivity index (χ2n) is 3.77. The van der Waals surface area contributed by atoms with E-state index in [2.05, 4.69) is 10.1 Å². The van der Waals surface area contributed by atoms with E-state index in [9.17, 15) is 13.6 Å². The molecular formula is C11H12Cl2F2N2O2. The maximum Gasteiger partial charge on any atom is 0.387 e. The molecule has 1 aromatic carbocycles. The van der Waals surface area contributed by atoms with Gasteiger partial charge in [-0.05, 0) is 12.1 Å². The van der Waals surface area contributed by atoms with Crippen LogP contribution in [0.15, 0.2) is 12.1 Å². The summed E-state index contributed by atoms with van der Waals surface area (Å²) in [6.45, 7) is -1.21. The SMILES string of the molecule is CC(CN)C(=O)Nc1cc(Cl)c(OC(F)F)c(Cl)c1. The van der Waals surface area contributed by atoms with E-state index in [0.29, 0.717) is 0 Å². The Hall–Kier alpha value is -1.11. The highest BCUT2D eigenvalue weighted by Crippen LogP contribution is 2.37. The molecule has 0 radical (unpaired) electrons. The largest absolute Gasteiger partial charge is 0.432 e. The number of alkyl halides is 2. The highest BCUT2D eigenvalue weighted by Gasteiger charge is 2.16. The van der Waals surface area contributed by atoms with E-state index in [1.807, 2.05) is 0 Å². The minimum atomic E-state index is -3.03. The second-order valence-corrected chi connectivity index (χ2v) is 4.59. The van der Waals surface area contributed by atoms with Crippen LogP contribution >= 0.6 is 23.2 Å². The van der Waals surface area contributed by atoms with Gasteiger partial charge in [0.15, 0.2) is 5.75 Å². The van der Waals surface area contributed by atoms with Crippen molar-refractivity contribution >= 4 is 34.8 Å². The summed E-state index contributed by atoms with van der Waals surface area (Å²) in [6, 6.07) is 2.54. The van der Waals surface area contributed by atoms with Crippen molar-refractivity contribution in [2.24, 2.45) is 11.7 Å². The molecule has 0 aliphatic rings. The van der Waals surface area contributed by atoms with E-state index in [0.717, 1.165) is 0 Å². The van der Waals surface area contributed by atoms with Crippen molar-refractivity contribution in [2.45, 2.75) is 13.5 Å². The molecule has 0 heterocycles. The summed E-state index contributed by atoms with van der Waals surface area (Å²) in [5.74, 6) is -1.05. The number of nitrogens with two attached hydrogens (primary N) is 1. The highest BCUT2D eigenvalue weighted by molar-refractivity contribution is 6.37. The molecule has 0 saturated carbocycles. The number of amides is 1. The minimum absolute atomic E-state index is 0.122. The van der Waals surface area contributed by atoms with Crippen LogP contribution in [0.3, 0.4) is 0 Å². The van der Waals surface area contributed by atoms with Crippen LogP contribution in [-0.2, 0) is 4.79 Å². The number of hydrogen-bond acceptors (Lipinski definition) is 3. The third kappa shape index (κ3) is 4.49. The summed E-state index contributed by atoms with van der Waals surface area (Å²) in [4.78, 5) is 11.6. The fraction of sp³-hybridized carbons (Fsp3) is 0.364. The molecule has 1 unspecified atom stereocenters. The molecule has 1 amide bonds. The summed E-state index contributed by atoms with van der Waals surface area (Å²) in [6.07, 6.45) is 0. The predicted octanol–water partition coefficient (Wildman–Crippen LogP) is 3.13. The number of nitrogens with one attached hydrogen (secondary N) is 1. The monoisotopic (exact) mass is 312 g/mol. The molecule has 1 aromatic rings. The standard InChI is InChI=1S/C11H12Cl2F2N2O2/c1-5(4-16)10(18)17-6-2-7(12)9(8(13)3-6)19-11(14)15/h2-3,5,11H,4,16H2,1H3,(H,17,18). The van der Waals surface area contributed by atoms with E-state index in [4.69, 9.17) is 28.9 Å². The number of rotatable bonds is 5. The maximum absolute atomic E-state index is 12.1. The lowest BCUT2D eigenvalue weighted by molar-refractivity contribution is -0.119. The van der Waals surface area contributed by atoms with Gasteiger partial charge in [-0.15, -0.1) is 0 Å². The van der Waals surface area contributed by atoms with Crippen molar-refractivity contribution in [1.82, 2.24) is 0 Å². The first-order valence-electron chi connectivity index (χ1n) is 5.30. The number of halogens is 4. The number of carbonyl (C=O) groups is 1. The van der Waals surface area contributed by atoms with Crippen LogP contribution in [-0.4, -0.2) is 19.1 Å². The molecule has 3 N–H and O–H groups in total. The lowest BCUT2D eigenvalue weighted by atomic mass is 10.1. The molecule has 0 spiro atoms. The summed E-state index contributed by atoms with van der Waals surface area (Å²) in [5.41, 5.74) is 5.63. The smallest absolute Gasteiger partial charge is 0.387 e.